The first-order valence-electron chi connectivity index (χ1n) is 6.16. The van der Waals surface area contributed by atoms with Gasteiger partial charge in [0.15, 0.2) is 0 Å². The van der Waals surface area contributed by atoms with E-state index in [4.69, 9.17) is 5.73 Å². The van der Waals surface area contributed by atoms with E-state index in [0.717, 1.165) is 25.2 Å². The standard InChI is InChI=1S/C12H22N4O.ClH/c1-4-12(5-2,9-13)11(17)15-10-7-8-14-16(10)6-3;/h7-8H,4-6,9,13H2,1-3H3,(H,15,17);1H. The first-order chi connectivity index (χ1) is 8.13. The summed E-state index contributed by atoms with van der Waals surface area (Å²) in [4.78, 5) is 12.3. The lowest BCUT2D eigenvalue weighted by Crippen LogP contribution is -2.41. The number of nitrogens with zero attached hydrogens (tertiary/aromatic N) is 2. The molecule has 0 aliphatic rings. The van der Waals surface area contributed by atoms with Gasteiger partial charge in [-0.25, -0.2) is 4.68 Å². The van der Waals surface area contributed by atoms with E-state index in [-0.39, 0.29) is 18.3 Å². The molecule has 1 heterocycles. The lowest BCUT2D eigenvalue weighted by Gasteiger charge is -2.28. The normalized spacial score (nSPS) is 10.9. The minimum absolute atomic E-state index is 0. The first-order valence-corrected chi connectivity index (χ1v) is 6.16. The second kappa shape index (κ2) is 7.38. The van der Waals surface area contributed by atoms with Crippen LogP contribution in [0.5, 0.6) is 0 Å². The number of anilines is 1. The quantitative estimate of drug-likeness (QED) is 0.834. The van der Waals surface area contributed by atoms with Gasteiger partial charge in [0.25, 0.3) is 0 Å². The van der Waals surface area contributed by atoms with Crippen molar-refractivity contribution in [2.45, 2.75) is 40.2 Å². The van der Waals surface area contributed by atoms with Crippen LogP contribution in [0.15, 0.2) is 12.3 Å². The van der Waals surface area contributed by atoms with E-state index in [0.29, 0.717) is 6.54 Å². The Labute approximate surface area is 115 Å². The highest BCUT2D eigenvalue weighted by Crippen LogP contribution is 2.26. The van der Waals surface area contributed by atoms with Crippen molar-refractivity contribution >= 4 is 24.1 Å². The van der Waals surface area contributed by atoms with E-state index >= 15 is 0 Å². The van der Waals surface area contributed by atoms with E-state index in [1.165, 1.54) is 0 Å². The molecule has 0 aliphatic carbocycles. The number of nitrogens with two attached hydrogens (primary N) is 1. The second-order valence-corrected chi connectivity index (χ2v) is 4.18. The van der Waals surface area contributed by atoms with Crippen LogP contribution < -0.4 is 11.1 Å². The highest BCUT2D eigenvalue weighted by molar-refractivity contribution is 5.94. The molecule has 0 bridgehead atoms. The van der Waals surface area contributed by atoms with Gasteiger partial charge in [0, 0.05) is 19.2 Å². The highest BCUT2D eigenvalue weighted by Gasteiger charge is 2.33. The van der Waals surface area contributed by atoms with Gasteiger partial charge >= 0.3 is 0 Å². The van der Waals surface area contributed by atoms with Gasteiger partial charge in [0.1, 0.15) is 5.82 Å². The largest absolute Gasteiger partial charge is 0.329 e. The Balaban J connectivity index is 0.00000289. The predicted octanol–water partition coefficient (Wildman–Crippen LogP) is 2.03. The van der Waals surface area contributed by atoms with Crippen molar-refractivity contribution in [3.8, 4) is 0 Å². The number of carbonyl (C=O) groups excluding carboxylic acids is 1. The van der Waals surface area contributed by atoms with Crippen LogP contribution in [0.2, 0.25) is 0 Å². The van der Waals surface area contributed by atoms with Crippen molar-refractivity contribution in [3.05, 3.63) is 12.3 Å². The molecule has 3 N–H and O–H groups in total. The van der Waals surface area contributed by atoms with E-state index in [1.54, 1.807) is 16.9 Å². The number of carbonyl (C=O) groups is 1. The summed E-state index contributed by atoms with van der Waals surface area (Å²) < 4.78 is 1.75. The number of amides is 1. The second-order valence-electron chi connectivity index (χ2n) is 4.18. The van der Waals surface area contributed by atoms with Crippen molar-refractivity contribution in [1.29, 1.82) is 0 Å². The Bertz CT molecular complexity index is 366. The lowest BCUT2D eigenvalue weighted by molar-refractivity contribution is -0.125. The fraction of sp³-hybridized carbons (Fsp3) is 0.667. The Morgan fingerprint density at radius 1 is 1.44 bits per heavy atom. The molecular weight excluding hydrogens is 252 g/mol. The molecule has 6 heteroatoms. The molecule has 0 aliphatic heterocycles. The minimum Gasteiger partial charge on any atom is -0.329 e. The van der Waals surface area contributed by atoms with Crippen LogP contribution in [-0.2, 0) is 11.3 Å². The highest BCUT2D eigenvalue weighted by atomic mass is 35.5. The molecule has 0 radical (unpaired) electrons. The van der Waals surface area contributed by atoms with Crippen LogP contribution in [0.25, 0.3) is 0 Å². The Morgan fingerprint density at radius 2 is 2.06 bits per heavy atom. The molecule has 0 spiro atoms. The predicted molar refractivity (Wildman–Crippen MR) is 75.8 cm³/mol. The number of aryl methyl sites for hydroxylation is 1. The summed E-state index contributed by atoms with van der Waals surface area (Å²) in [6, 6.07) is 1.80. The molecule has 0 saturated carbocycles. The zero-order valence-electron chi connectivity index (χ0n) is 11.3. The van der Waals surface area contributed by atoms with Crippen LogP contribution in [0.1, 0.15) is 33.6 Å². The van der Waals surface area contributed by atoms with Crippen molar-refractivity contribution in [3.63, 3.8) is 0 Å². The molecule has 1 amide bonds. The fourth-order valence-electron chi connectivity index (χ4n) is 1.89. The number of rotatable bonds is 6. The summed E-state index contributed by atoms with van der Waals surface area (Å²) >= 11 is 0. The Morgan fingerprint density at radius 3 is 2.50 bits per heavy atom. The molecule has 5 nitrogen and oxygen atoms in total. The topological polar surface area (TPSA) is 72.9 Å². The molecule has 0 atom stereocenters. The Hall–Kier alpha value is -1.07. The summed E-state index contributed by atoms with van der Waals surface area (Å²) in [7, 11) is 0. The van der Waals surface area contributed by atoms with Gasteiger partial charge in [-0.15, -0.1) is 12.4 Å². The number of halogens is 1. The maximum Gasteiger partial charge on any atom is 0.232 e. The van der Waals surface area contributed by atoms with Crippen molar-refractivity contribution < 1.29 is 4.79 Å². The molecule has 0 aromatic carbocycles. The molecule has 0 unspecified atom stereocenters. The summed E-state index contributed by atoms with van der Waals surface area (Å²) in [5.74, 6) is 0.720. The van der Waals surface area contributed by atoms with Crippen LogP contribution >= 0.6 is 12.4 Å². The molecular formula is C12H23ClN4O. The van der Waals surface area contributed by atoms with Gasteiger partial charge in [-0.05, 0) is 19.8 Å². The average Bonchev–Trinajstić information content (AvgIpc) is 2.79. The molecule has 1 aromatic rings. The van der Waals surface area contributed by atoms with Gasteiger partial charge in [-0.1, -0.05) is 13.8 Å². The fourth-order valence-corrected chi connectivity index (χ4v) is 1.89. The molecule has 1 aromatic heterocycles. The first kappa shape index (κ1) is 16.9. The van der Waals surface area contributed by atoms with Crippen LogP contribution in [0.3, 0.4) is 0 Å². The molecule has 0 fully saturated rings. The van der Waals surface area contributed by atoms with Gasteiger partial charge in [0.2, 0.25) is 5.91 Å². The van der Waals surface area contributed by atoms with Gasteiger partial charge in [-0.2, -0.15) is 5.10 Å². The number of hydrogen-bond acceptors (Lipinski definition) is 3. The van der Waals surface area contributed by atoms with E-state index < -0.39 is 5.41 Å². The lowest BCUT2D eigenvalue weighted by atomic mass is 9.81. The summed E-state index contributed by atoms with van der Waals surface area (Å²) in [6.45, 7) is 7.07. The third kappa shape index (κ3) is 3.23. The zero-order chi connectivity index (χ0) is 12.9. The van der Waals surface area contributed by atoms with Crippen LogP contribution in [0, 0.1) is 5.41 Å². The minimum atomic E-state index is -0.469. The van der Waals surface area contributed by atoms with Crippen molar-refractivity contribution in [2.24, 2.45) is 11.1 Å². The molecule has 18 heavy (non-hydrogen) atoms. The van der Waals surface area contributed by atoms with Gasteiger partial charge in [-0.3, -0.25) is 4.79 Å². The summed E-state index contributed by atoms with van der Waals surface area (Å²) in [5.41, 5.74) is 5.28. The maximum atomic E-state index is 12.3. The third-order valence-corrected chi connectivity index (χ3v) is 3.48. The molecule has 0 saturated heterocycles. The van der Waals surface area contributed by atoms with Crippen LogP contribution in [0.4, 0.5) is 5.82 Å². The van der Waals surface area contributed by atoms with E-state index in [2.05, 4.69) is 10.4 Å². The number of nitrogens with one attached hydrogen (secondary N) is 1. The smallest absolute Gasteiger partial charge is 0.232 e. The monoisotopic (exact) mass is 274 g/mol. The summed E-state index contributed by atoms with van der Waals surface area (Å²) in [6.07, 6.45) is 3.17. The molecule has 1 rings (SSSR count). The number of aromatic nitrogens is 2. The van der Waals surface area contributed by atoms with Crippen molar-refractivity contribution in [1.82, 2.24) is 9.78 Å². The third-order valence-electron chi connectivity index (χ3n) is 3.48. The SMILES string of the molecule is CCn1nccc1NC(=O)C(CC)(CC)CN.Cl. The number of hydrogen-bond donors (Lipinski definition) is 2. The molecule has 104 valence electrons. The van der Waals surface area contributed by atoms with Crippen molar-refractivity contribution in [2.75, 3.05) is 11.9 Å². The van der Waals surface area contributed by atoms with Crippen LogP contribution in [-0.4, -0.2) is 22.2 Å². The van der Waals surface area contributed by atoms with Gasteiger partial charge < -0.3 is 11.1 Å². The maximum absolute atomic E-state index is 12.3. The van der Waals surface area contributed by atoms with Gasteiger partial charge in [0.05, 0.1) is 11.6 Å². The summed E-state index contributed by atoms with van der Waals surface area (Å²) in [5, 5.41) is 7.03. The van der Waals surface area contributed by atoms with E-state index in [9.17, 15) is 4.79 Å². The zero-order valence-corrected chi connectivity index (χ0v) is 12.1. The average molecular weight is 275 g/mol. The van der Waals surface area contributed by atoms with E-state index in [1.807, 2.05) is 20.8 Å². The Kier molecular flexibility index (Phi) is 6.94.